The van der Waals surface area contributed by atoms with E-state index < -0.39 is 10.8 Å². The summed E-state index contributed by atoms with van der Waals surface area (Å²) in [5, 5.41) is 13.6. The molecule has 0 atom stereocenters. The van der Waals surface area contributed by atoms with E-state index in [1.54, 1.807) is 24.7 Å². The maximum atomic E-state index is 12.5. The third-order valence-electron chi connectivity index (χ3n) is 3.57. The number of aromatic nitrogens is 2. The Morgan fingerprint density at radius 3 is 2.60 bits per heavy atom. The van der Waals surface area contributed by atoms with E-state index in [0.717, 1.165) is 5.69 Å². The van der Waals surface area contributed by atoms with Crippen molar-refractivity contribution in [2.45, 2.75) is 0 Å². The lowest BCUT2D eigenvalue weighted by Gasteiger charge is -2.10. The minimum atomic E-state index is -0.559. The van der Waals surface area contributed by atoms with Crippen molar-refractivity contribution in [3.05, 3.63) is 76.9 Å². The quantitative estimate of drug-likeness (QED) is 0.569. The van der Waals surface area contributed by atoms with Gasteiger partial charge in [-0.2, -0.15) is 0 Å². The van der Waals surface area contributed by atoms with Gasteiger partial charge in [-0.25, -0.2) is 4.98 Å². The Morgan fingerprint density at radius 1 is 1.24 bits per heavy atom. The van der Waals surface area contributed by atoms with Crippen LogP contribution < -0.4 is 10.1 Å². The third kappa shape index (κ3) is 3.47. The second-order valence-corrected chi connectivity index (χ2v) is 5.11. The molecule has 0 saturated carbocycles. The van der Waals surface area contributed by atoms with Crippen molar-refractivity contribution < 1.29 is 14.5 Å². The molecule has 0 spiro atoms. The van der Waals surface area contributed by atoms with Crippen LogP contribution in [0.25, 0.3) is 5.69 Å². The van der Waals surface area contributed by atoms with Gasteiger partial charge in [-0.3, -0.25) is 14.9 Å². The molecule has 25 heavy (non-hydrogen) atoms. The second kappa shape index (κ2) is 6.83. The number of anilines is 1. The van der Waals surface area contributed by atoms with E-state index in [2.05, 4.69) is 10.3 Å². The summed E-state index contributed by atoms with van der Waals surface area (Å²) < 4.78 is 6.94. The number of methoxy groups -OCH3 is 1. The third-order valence-corrected chi connectivity index (χ3v) is 3.57. The molecule has 126 valence electrons. The van der Waals surface area contributed by atoms with E-state index in [9.17, 15) is 14.9 Å². The van der Waals surface area contributed by atoms with Gasteiger partial charge in [-0.05, 0) is 30.3 Å². The molecule has 0 aliphatic heterocycles. The fraction of sp³-hybridized carbons (Fsp3) is 0.0588. The number of carbonyl (C=O) groups is 1. The van der Waals surface area contributed by atoms with Crippen LogP contribution in [-0.4, -0.2) is 27.5 Å². The number of nitro groups is 1. The average molecular weight is 338 g/mol. The highest BCUT2D eigenvalue weighted by Gasteiger charge is 2.17. The topological polar surface area (TPSA) is 99.3 Å². The summed E-state index contributed by atoms with van der Waals surface area (Å²) in [6.07, 6.45) is 5.15. The molecule has 0 aliphatic rings. The van der Waals surface area contributed by atoms with Gasteiger partial charge in [-0.15, -0.1) is 0 Å². The van der Waals surface area contributed by atoms with Crippen molar-refractivity contribution >= 4 is 17.3 Å². The average Bonchev–Trinajstić information content (AvgIpc) is 3.16. The molecular weight excluding hydrogens is 324 g/mol. The molecular formula is C17H14N4O4. The first-order chi connectivity index (χ1) is 12.1. The molecule has 0 unspecified atom stereocenters. The van der Waals surface area contributed by atoms with Crippen molar-refractivity contribution in [2.75, 3.05) is 12.4 Å². The molecule has 0 fully saturated rings. The number of imidazole rings is 1. The summed E-state index contributed by atoms with van der Waals surface area (Å²) in [6, 6.07) is 11.0. The number of nitrogens with one attached hydrogen (secondary N) is 1. The lowest BCUT2D eigenvalue weighted by Crippen LogP contribution is -2.13. The van der Waals surface area contributed by atoms with E-state index >= 15 is 0 Å². The Hall–Kier alpha value is -3.68. The van der Waals surface area contributed by atoms with Gasteiger partial charge >= 0.3 is 0 Å². The van der Waals surface area contributed by atoms with Gasteiger partial charge in [0.25, 0.3) is 11.6 Å². The number of non-ortho nitro benzene ring substituents is 1. The van der Waals surface area contributed by atoms with E-state index in [0.29, 0.717) is 5.69 Å². The summed E-state index contributed by atoms with van der Waals surface area (Å²) in [5.74, 6) is -0.228. The zero-order valence-electron chi connectivity index (χ0n) is 13.2. The predicted molar refractivity (Wildman–Crippen MR) is 91.2 cm³/mol. The van der Waals surface area contributed by atoms with E-state index in [1.165, 1.54) is 25.3 Å². The lowest BCUT2D eigenvalue weighted by atomic mass is 10.1. The summed E-state index contributed by atoms with van der Waals surface area (Å²) in [4.78, 5) is 26.8. The van der Waals surface area contributed by atoms with Gasteiger partial charge < -0.3 is 14.6 Å². The summed E-state index contributed by atoms with van der Waals surface area (Å²) in [5.41, 5.74) is 1.36. The number of amides is 1. The highest BCUT2D eigenvalue weighted by molar-refractivity contribution is 6.06. The van der Waals surface area contributed by atoms with Crippen LogP contribution >= 0.6 is 0 Å². The molecule has 1 aromatic heterocycles. The Bertz CT molecular complexity index is 905. The maximum absolute atomic E-state index is 12.5. The summed E-state index contributed by atoms with van der Waals surface area (Å²) in [6.45, 7) is 0. The van der Waals surface area contributed by atoms with Gasteiger partial charge in [0.15, 0.2) is 0 Å². The molecule has 3 rings (SSSR count). The normalized spacial score (nSPS) is 10.3. The molecule has 8 heteroatoms. The van der Waals surface area contributed by atoms with Gasteiger partial charge in [0, 0.05) is 35.9 Å². The van der Waals surface area contributed by atoms with Crippen LogP contribution in [0.2, 0.25) is 0 Å². The Labute approximate surface area is 142 Å². The minimum absolute atomic E-state index is 0.0930. The van der Waals surface area contributed by atoms with Crippen molar-refractivity contribution in [3.8, 4) is 11.4 Å². The fourth-order valence-electron chi connectivity index (χ4n) is 2.31. The molecule has 0 radical (unpaired) electrons. The van der Waals surface area contributed by atoms with Crippen LogP contribution in [-0.2, 0) is 0 Å². The molecule has 1 heterocycles. The second-order valence-electron chi connectivity index (χ2n) is 5.11. The lowest BCUT2D eigenvalue weighted by molar-refractivity contribution is -0.384. The van der Waals surface area contributed by atoms with Crippen molar-refractivity contribution in [1.29, 1.82) is 0 Å². The van der Waals surface area contributed by atoms with Crippen LogP contribution in [0, 0.1) is 10.1 Å². The van der Waals surface area contributed by atoms with Crippen LogP contribution in [0.5, 0.6) is 5.75 Å². The van der Waals surface area contributed by atoms with Gasteiger partial charge in [-0.1, -0.05) is 0 Å². The van der Waals surface area contributed by atoms with Crippen molar-refractivity contribution in [2.24, 2.45) is 0 Å². The standard InChI is InChI=1S/C17H14N4O4/c1-25-16-7-6-14(21(23)24)10-15(16)17(22)19-12-2-4-13(5-3-12)20-9-8-18-11-20/h2-11H,1H3,(H,19,22). The van der Waals surface area contributed by atoms with Crippen LogP contribution in [0.4, 0.5) is 11.4 Å². The molecule has 3 aromatic rings. The van der Waals surface area contributed by atoms with Gasteiger partial charge in [0.2, 0.25) is 0 Å². The van der Waals surface area contributed by atoms with Crippen LogP contribution in [0.15, 0.2) is 61.2 Å². The SMILES string of the molecule is COc1ccc([N+](=O)[O-])cc1C(=O)Nc1ccc(-n2ccnc2)cc1. The van der Waals surface area contributed by atoms with Gasteiger partial charge in [0.05, 0.1) is 23.9 Å². The number of carbonyl (C=O) groups excluding carboxylic acids is 1. The smallest absolute Gasteiger partial charge is 0.270 e. The molecule has 1 N–H and O–H groups in total. The van der Waals surface area contributed by atoms with Gasteiger partial charge in [0.1, 0.15) is 5.75 Å². The zero-order valence-corrected chi connectivity index (χ0v) is 13.2. The number of nitro benzene ring substituents is 1. The molecule has 0 saturated heterocycles. The maximum Gasteiger partial charge on any atom is 0.270 e. The molecule has 0 bridgehead atoms. The predicted octanol–water partition coefficient (Wildman–Crippen LogP) is 3.04. The highest BCUT2D eigenvalue weighted by Crippen LogP contribution is 2.25. The van der Waals surface area contributed by atoms with E-state index in [4.69, 9.17) is 4.74 Å². The number of hydrogen-bond acceptors (Lipinski definition) is 5. The number of benzene rings is 2. The first-order valence-corrected chi connectivity index (χ1v) is 7.30. The van der Waals surface area contributed by atoms with Crippen LogP contribution in [0.1, 0.15) is 10.4 Å². The molecule has 8 nitrogen and oxygen atoms in total. The molecule has 2 aromatic carbocycles. The Balaban J connectivity index is 1.82. The minimum Gasteiger partial charge on any atom is -0.496 e. The monoisotopic (exact) mass is 338 g/mol. The number of hydrogen-bond donors (Lipinski definition) is 1. The number of rotatable bonds is 5. The summed E-state index contributed by atoms with van der Waals surface area (Å²) in [7, 11) is 1.40. The zero-order chi connectivity index (χ0) is 17.8. The number of ether oxygens (including phenoxy) is 1. The molecule has 0 aliphatic carbocycles. The Morgan fingerprint density at radius 2 is 2.00 bits per heavy atom. The van der Waals surface area contributed by atoms with Crippen molar-refractivity contribution in [1.82, 2.24) is 9.55 Å². The highest BCUT2D eigenvalue weighted by atomic mass is 16.6. The fourth-order valence-corrected chi connectivity index (χ4v) is 2.31. The first kappa shape index (κ1) is 16.2. The van der Waals surface area contributed by atoms with E-state index in [-0.39, 0.29) is 17.0 Å². The summed E-state index contributed by atoms with van der Waals surface area (Å²) >= 11 is 0. The first-order valence-electron chi connectivity index (χ1n) is 7.30. The number of nitrogens with zero attached hydrogens (tertiary/aromatic N) is 3. The largest absolute Gasteiger partial charge is 0.496 e. The van der Waals surface area contributed by atoms with Crippen LogP contribution in [0.3, 0.4) is 0 Å². The molecule has 1 amide bonds. The Kier molecular flexibility index (Phi) is 4.42. The van der Waals surface area contributed by atoms with Crippen molar-refractivity contribution in [3.63, 3.8) is 0 Å². The van der Waals surface area contributed by atoms with E-state index in [1.807, 2.05) is 22.9 Å².